The minimum absolute atomic E-state index is 0.134. The van der Waals surface area contributed by atoms with E-state index in [1.807, 2.05) is 30.5 Å². The van der Waals surface area contributed by atoms with Crippen molar-refractivity contribution in [1.82, 2.24) is 15.6 Å². The summed E-state index contributed by atoms with van der Waals surface area (Å²) in [7, 11) is 0. The van der Waals surface area contributed by atoms with Gasteiger partial charge in [0.2, 0.25) is 0 Å². The fourth-order valence-electron chi connectivity index (χ4n) is 2.34. The first kappa shape index (κ1) is 18.4. The Balaban J connectivity index is 1.80. The minimum atomic E-state index is -0.400. The van der Waals surface area contributed by atoms with Gasteiger partial charge in [-0.25, -0.2) is 9.78 Å². The molecule has 0 aliphatic heterocycles. The number of rotatable bonds is 8. The third-order valence-corrected chi connectivity index (χ3v) is 5.05. The van der Waals surface area contributed by atoms with E-state index in [0.717, 1.165) is 23.4 Å². The van der Waals surface area contributed by atoms with Crippen molar-refractivity contribution in [3.8, 4) is 0 Å². The number of carbonyl (C=O) groups is 1. The van der Waals surface area contributed by atoms with Gasteiger partial charge >= 0.3 is 6.03 Å². The Kier molecular flexibility index (Phi) is 7.21. The second-order valence-electron chi connectivity index (χ2n) is 5.55. The molecule has 0 aliphatic rings. The molecular weight excluding hydrogens is 322 g/mol. The number of aryl methyl sites for hydroxylation is 2. The van der Waals surface area contributed by atoms with E-state index in [0.29, 0.717) is 13.0 Å². The molecule has 1 atom stereocenters. The van der Waals surface area contributed by atoms with Crippen LogP contribution in [0.3, 0.4) is 0 Å². The van der Waals surface area contributed by atoms with Crippen LogP contribution in [0.2, 0.25) is 0 Å². The largest absolute Gasteiger partial charge is 0.394 e. The number of benzene rings is 1. The average molecular weight is 347 g/mol. The second-order valence-corrected chi connectivity index (χ2v) is 6.75. The van der Waals surface area contributed by atoms with Gasteiger partial charge in [-0.15, -0.1) is 11.3 Å². The highest BCUT2D eigenvalue weighted by molar-refractivity contribution is 7.11. The van der Waals surface area contributed by atoms with Crippen LogP contribution in [0.15, 0.2) is 30.5 Å². The summed E-state index contributed by atoms with van der Waals surface area (Å²) in [6.45, 7) is 4.59. The van der Waals surface area contributed by atoms with Gasteiger partial charge in [0, 0.05) is 24.0 Å². The van der Waals surface area contributed by atoms with Gasteiger partial charge in [0.15, 0.2) is 0 Å². The zero-order chi connectivity index (χ0) is 17.4. The normalized spacial score (nSPS) is 12.0. The fraction of sp³-hybridized carbons (Fsp3) is 0.444. The summed E-state index contributed by atoms with van der Waals surface area (Å²) < 4.78 is 0. The topological polar surface area (TPSA) is 74.2 Å². The Hall–Kier alpha value is -1.92. The van der Waals surface area contributed by atoms with Crippen LogP contribution in [-0.4, -0.2) is 29.3 Å². The van der Waals surface area contributed by atoms with Crippen molar-refractivity contribution in [3.05, 3.63) is 51.5 Å². The summed E-state index contributed by atoms with van der Waals surface area (Å²) in [4.78, 5) is 17.6. The highest BCUT2D eigenvalue weighted by Crippen LogP contribution is 2.15. The monoisotopic (exact) mass is 347 g/mol. The van der Waals surface area contributed by atoms with Crippen LogP contribution in [0.4, 0.5) is 4.79 Å². The lowest BCUT2D eigenvalue weighted by Gasteiger charge is -2.17. The van der Waals surface area contributed by atoms with E-state index in [9.17, 15) is 9.90 Å². The van der Waals surface area contributed by atoms with Gasteiger partial charge in [-0.1, -0.05) is 38.1 Å². The number of aliphatic hydroxyl groups is 1. The molecule has 1 aromatic heterocycles. The molecule has 2 amide bonds. The predicted octanol–water partition coefficient (Wildman–Crippen LogP) is 2.84. The lowest BCUT2D eigenvalue weighted by molar-refractivity contribution is 0.217. The molecule has 0 bridgehead atoms. The maximum Gasteiger partial charge on any atom is 0.315 e. The smallest absolute Gasteiger partial charge is 0.315 e. The van der Waals surface area contributed by atoms with Crippen LogP contribution < -0.4 is 10.6 Å². The average Bonchev–Trinajstić information content (AvgIpc) is 3.08. The summed E-state index contributed by atoms with van der Waals surface area (Å²) in [5.41, 5.74) is 2.13. The summed E-state index contributed by atoms with van der Waals surface area (Å²) >= 11 is 1.68. The van der Waals surface area contributed by atoms with E-state index in [2.05, 4.69) is 29.5 Å². The molecule has 6 heteroatoms. The first-order chi connectivity index (χ1) is 11.7. The maximum absolute atomic E-state index is 12.0. The summed E-state index contributed by atoms with van der Waals surface area (Å²) in [6, 6.07) is 7.25. The third kappa shape index (κ3) is 5.32. The van der Waals surface area contributed by atoms with Crippen molar-refractivity contribution in [3.63, 3.8) is 0 Å². The number of urea groups is 1. The molecule has 1 heterocycles. The molecular formula is C18H25N3O2S. The number of carbonyl (C=O) groups excluding carboxylic acids is 1. The van der Waals surface area contributed by atoms with E-state index >= 15 is 0 Å². The quantitative estimate of drug-likeness (QED) is 0.687. The molecule has 24 heavy (non-hydrogen) atoms. The molecule has 3 N–H and O–H groups in total. The van der Waals surface area contributed by atoms with Crippen molar-refractivity contribution >= 4 is 17.4 Å². The lowest BCUT2D eigenvalue weighted by Crippen LogP contribution is -2.40. The molecule has 0 aliphatic carbocycles. The first-order valence-electron chi connectivity index (χ1n) is 8.33. The van der Waals surface area contributed by atoms with Gasteiger partial charge < -0.3 is 15.7 Å². The highest BCUT2D eigenvalue weighted by atomic mass is 32.1. The predicted molar refractivity (Wildman–Crippen MR) is 97.4 cm³/mol. The Morgan fingerprint density at radius 3 is 2.58 bits per heavy atom. The lowest BCUT2D eigenvalue weighted by atomic mass is 10.0. The molecule has 5 nitrogen and oxygen atoms in total. The molecule has 1 unspecified atom stereocenters. The standard InChI is InChI=1S/C18H25N3O2S/c1-3-13-5-7-14(8-6-13)16(12-22)21-18(23)19-10-9-17-20-11-15(4-2)24-17/h5-8,11,16,22H,3-4,9-10,12H2,1-2H3,(H2,19,21,23). The van der Waals surface area contributed by atoms with Crippen molar-refractivity contribution in [1.29, 1.82) is 0 Å². The van der Waals surface area contributed by atoms with E-state index in [1.165, 1.54) is 10.4 Å². The molecule has 1 aromatic carbocycles. The van der Waals surface area contributed by atoms with E-state index in [1.54, 1.807) is 11.3 Å². The van der Waals surface area contributed by atoms with Gasteiger partial charge in [0.25, 0.3) is 0 Å². The maximum atomic E-state index is 12.0. The molecule has 0 spiro atoms. The SMILES string of the molecule is CCc1ccc(C(CO)NC(=O)NCCc2ncc(CC)s2)cc1. The molecule has 0 saturated carbocycles. The van der Waals surface area contributed by atoms with Gasteiger partial charge in [0.05, 0.1) is 17.7 Å². The van der Waals surface area contributed by atoms with Crippen molar-refractivity contribution < 1.29 is 9.90 Å². The van der Waals surface area contributed by atoms with Crippen LogP contribution in [0.5, 0.6) is 0 Å². The van der Waals surface area contributed by atoms with Crippen molar-refractivity contribution in [2.75, 3.05) is 13.2 Å². The zero-order valence-electron chi connectivity index (χ0n) is 14.2. The van der Waals surface area contributed by atoms with Gasteiger partial charge in [-0.2, -0.15) is 0 Å². The number of thiazole rings is 1. The number of amides is 2. The van der Waals surface area contributed by atoms with E-state index in [-0.39, 0.29) is 12.6 Å². The minimum Gasteiger partial charge on any atom is -0.394 e. The molecule has 130 valence electrons. The van der Waals surface area contributed by atoms with E-state index in [4.69, 9.17) is 0 Å². The number of nitrogens with zero attached hydrogens (tertiary/aromatic N) is 1. The Bertz CT molecular complexity index is 640. The van der Waals surface area contributed by atoms with Gasteiger partial charge in [-0.3, -0.25) is 0 Å². The fourth-order valence-corrected chi connectivity index (χ4v) is 3.20. The van der Waals surface area contributed by atoms with Crippen LogP contribution in [0, 0.1) is 0 Å². The van der Waals surface area contributed by atoms with Crippen LogP contribution >= 0.6 is 11.3 Å². The van der Waals surface area contributed by atoms with Crippen LogP contribution in [0.25, 0.3) is 0 Å². The van der Waals surface area contributed by atoms with Crippen LogP contribution in [-0.2, 0) is 19.3 Å². The molecule has 0 radical (unpaired) electrons. The second kappa shape index (κ2) is 9.39. The molecule has 2 aromatic rings. The van der Waals surface area contributed by atoms with Crippen molar-refractivity contribution in [2.45, 2.75) is 39.2 Å². The Labute approximate surface area is 147 Å². The Morgan fingerprint density at radius 2 is 2.00 bits per heavy atom. The molecule has 0 saturated heterocycles. The summed E-state index contributed by atoms with van der Waals surface area (Å²) in [6.07, 6.45) is 4.56. The van der Waals surface area contributed by atoms with Crippen LogP contribution in [0.1, 0.15) is 40.9 Å². The molecule has 0 fully saturated rings. The van der Waals surface area contributed by atoms with Gasteiger partial charge in [-0.05, 0) is 24.0 Å². The summed E-state index contributed by atoms with van der Waals surface area (Å²) in [5.74, 6) is 0. The highest BCUT2D eigenvalue weighted by Gasteiger charge is 2.13. The first-order valence-corrected chi connectivity index (χ1v) is 9.15. The Morgan fingerprint density at radius 1 is 1.25 bits per heavy atom. The third-order valence-electron chi connectivity index (χ3n) is 3.85. The number of hydrogen-bond acceptors (Lipinski definition) is 4. The van der Waals surface area contributed by atoms with Crippen molar-refractivity contribution in [2.24, 2.45) is 0 Å². The number of hydrogen-bond donors (Lipinski definition) is 3. The number of aliphatic hydroxyl groups excluding tert-OH is 1. The van der Waals surface area contributed by atoms with Gasteiger partial charge in [0.1, 0.15) is 0 Å². The summed E-state index contributed by atoms with van der Waals surface area (Å²) in [5, 5.41) is 16.2. The number of nitrogens with one attached hydrogen (secondary N) is 2. The number of aromatic nitrogens is 1. The zero-order valence-corrected chi connectivity index (χ0v) is 15.0. The molecule has 2 rings (SSSR count). The van der Waals surface area contributed by atoms with E-state index < -0.39 is 6.04 Å².